The molecule has 5 heteroatoms. The van der Waals surface area contributed by atoms with E-state index < -0.39 is 16.9 Å². The number of unbranched alkanes of at least 4 members (excludes halogenated alkanes) is 8. The van der Waals surface area contributed by atoms with Crippen molar-refractivity contribution in [3.63, 3.8) is 0 Å². The normalized spacial score (nSPS) is 13.6. The smallest absolute Gasteiger partial charge is 0.306 e. The molecule has 2 atom stereocenters. The second-order valence-electron chi connectivity index (χ2n) is 6.55. The Hall–Kier alpha value is -0.420. The Morgan fingerprint density at radius 3 is 2.17 bits per heavy atom. The average molecular weight is 363 g/mol. The van der Waals surface area contributed by atoms with Gasteiger partial charge in [0.25, 0.3) is 0 Å². The zero-order valence-electron chi connectivity index (χ0n) is 15.8. The van der Waals surface area contributed by atoms with Crippen molar-refractivity contribution in [2.75, 3.05) is 18.1 Å². The van der Waals surface area contributed by atoms with Crippen LogP contribution in [0.4, 0.5) is 0 Å². The molecule has 144 valence electrons. The molecule has 24 heavy (non-hydrogen) atoms. The van der Waals surface area contributed by atoms with Gasteiger partial charge in [0.05, 0.1) is 19.1 Å². The summed E-state index contributed by atoms with van der Waals surface area (Å²) in [6.07, 6.45) is 12.1. The van der Waals surface area contributed by atoms with Gasteiger partial charge >= 0.3 is 5.97 Å². The van der Waals surface area contributed by atoms with Crippen LogP contribution in [0.1, 0.15) is 90.9 Å². The molecular formula is C19H38O4S. The molecule has 1 N–H and O–H groups in total. The fourth-order valence-corrected chi connectivity index (χ4v) is 3.65. The van der Waals surface area contributed by atoms with Crippen LogP contribution < -0.4 is 0 Å². The molecular weight excluding hydrogens is 324 g/mol. The zero-order chi connectivity index (χ0) is 18.0. The van der Waals surface area contributed by atoms with Crippen molar-refractivity contribution in [2.24, 2.45) is 0 Å². The van der Waals surface area contributed by atoms with Crippen molar-refractivity contribution < 1.29 is 18.8 Å². The first-order valence-corrected chi connectivity index (χ1v) is 11.3. The van der Waals surface area contributed by atoms with Crippen molar-refractivity contribution in [1.29, 1.82) is 0 Å². The van der Waals surface area contributed by atoms with Gasteiger partial charge in [0.1, 0.15) is 0 Å². The molecule has 0 heterocycles. The highest BCUT2D eigenvalue weighted by atomic mass is 32.2. The number of hydrogen-bond donors (Lipinski definition) is 1. The summed E-state index contributed by atoms with van der Waals surface area (Å²) in [6.45, 7) is 4.71. The molecule has 0 radical (unpaired) electrons. The van der Waals surface area contributed by atoms with Crippen LogP contribution >= 0.6 is 0 Å². The number of carbonyl (C=O) groups excluding carboxylic acids is 1. The van der Waals surface area contributed by atoms with Crippen molar-refractivity contribution in [2.45, 2.75) is 97.0 Å². The van der Waals surface area contributed by atoms with Gasteiger partial charge in [-0.15, -0.1) is 0 Å². The topological polar surface area (TPSA) is 63.6 Å². The van der Waals surface area contributed by atoms with Gasteiger partial charge in [0, 0.05) is 22.3 Å². The van der Waals surface area contributed by atoms with Crippen LogP contribution in [-0.2, 0) is 20.3 Å². The molecule has 0 aliphatic heterocycles. The van der Waals surface area contributed by atoms with E-state index in [1.54, 1.807) is 0 Å². The van der Waals surface area contributed by atoms with Gasteiger partial charge in [-0.3, -0.25) is 9.00 Å². The fraction of sp³-hybridized carbons (Fsp3) is 0.947. The van der Waals surface area contributed by atoms with Gasteiger partial charge < -0.3 is 9.84 Å². The van der Waals surface area contributed by atoms with Gasteiger partial charge in [-0.1, -0.05) is 71.6 Å². The van der Waals surface area contributed by atoms with E-state index >= 15 is 0 Å². The summed E-state index contributed by atoms with van der Waals surface area (Å²) in [6, 6.07) is 0. The van der Waals surface area contributed by atoms with Crippen LogP contribution in [-0.4, -0.2) is 39.5 Å². The largest absolute Gasteiger partial charge is 0.466 e. The number of aliphatic hydroxyl groups excluding tert-OH is 1. The third kappa shape index (κ3) is 16.4. The van der Waals surface area contributed by atoms with E-state index in [4.69, 9.17) is 4.74 Å². The number of rotatable bonds is 17. The Labute approximate surface area is 151 Å². The first-order valence-electron chi connectivity index (χ1n) is 9.78. The summed E-state index contributed by atoms with van der Waals surface area (Å²) in [4.78, 5) is 11.4. The number of carbonyl (C=O) groups is 1. The van der Waals surface area contributed by atoms with Crippen LogP contribution in [0.3, 0.4) is 0 Å². The van der Waals surface area contributed by atoms with E-state index in [1.165, 1.54) is 38.5 Å². The van der Waals surface area contributed by atoms with Gasteiger partial charge in [-0.2, -0.15) is 0 Å². The van der Waals surface area contributed by atoms with E-state index in [-0.39, 0.29) is 18.1 Å². The standard InChI is InChI=1S/C19H38O4S/c1-3-5-7-8-9-10-11-12-13-18(20)17-24(22)16-14-19(21)23-15-6-4-2/h18,20H,3-17H2,1-2H3. The summed E-state index contributed by atoms with van der Waals surface area (Å²) in [5.41, 5.74) is 0. The second-order valence-corrected chi connectivity index (χ2v) is 8.17. The lowest BCUT2D eigenvalue weighted by Gasteiger charge is -2.10. The molecule has 0 bridgehead atoms. The SMILES string of the molecule is CCCCCCCCCCC(O)CS(=O)CCC(=O)OCCCC. The van der Waals surface area contributed by atoms with Crippen molar-refractivity contribution in [3.8, 4) is 0 Å². The monoisotopic (exact) mass is 362 g/mol. The minimum absolute atomic E-state index is 0.181. The average Bonchev–Trinajstić information content (AvgIpc) is 2.55. The molecule has 0 aromatic carbocycles. The number of esters is 1. The Balaban J connectivity index is 3.50. The Bertz CT molecular complexity index is 320. The molecule has 2 unspecified atom stereocenters. The minimum atomic E-state index is -1.14. The lowest BCUT2D eigenvalue weighted by atomic mass is 10.1. The Morgan fingerprint density at radius 2 is 1.54 bits per heavy atom. The van der Waals surface area contributed by atoms with E-state index in [0.29, 0.717) is 18.8 Å². The molecule has 0 aliphatic carbocycles. The maximum Gasteiger partial charge on any atom is 0.306 e. The molecule has 0 amide bonds. The highest BCUT2D eigenvalue weighted by molar-refractivity contribution is 7.85. The lowest BCUT2D eigenvalue weighted by molar-refractivity contribution is -0.143. The van der Waals surface area contributed by atoms with E-state index in [0.717, 1.165) is 25.7 Å². The highest BCUT2D eigenvalue weighted by Crippen LogP contribution is 2.11. The summed E-state index contributed by atoms with van der Waals surface area (Å²) < 4.78 is 16.9. The molecule has 0 rings (SSSR count). The summed E-state index contributed by atoms with van der Waals surface area (Å²) in [5.74, 6) is 0.285. The number of ether oxygens (including phenoxy) is 1. The first-order chi connectivity index (χ1) is 11.6. The molecule has 0 spiro atoms. The minimum Gasteiger partial charge on any atom is -0.466 e. The Kier molecular flexibility index (Phi) is 17.1. The van der Waals surface area contributed by atoms with E-state index in [9.17, 15) is 14.1 Å². The molecule has 0 aromatic heterocycles. The van der Waals surface area contributed by atoms with Crippen LogP contribution in [0, 0.1) is 0 Å². The van der Waals surface area contributed by atoms with Crippen molar-refractivity contribution in [3.05, 3.63) is 0 Å². The lowest BCUT2D eigenvalue weighted by Crippen LogP contribution is -2.20. The van der Waals surface area contributed by atoms with Crippen molar-refractivity contribution >= 4 is 16.8 Å². The maximum atomic E-state index is 11.9. The molecule has 0 fully saturated rings. The van der Waals surface area contributed by atoms with Gasteiger partial charge in [-0.25, -0.2) is 0 Å². The fourth-order valence-electron chi connectivity index (χ4n) is 2.49. The van der Waals surface area contributed by atoms with Crippen LogP contribution in [0.15, 0.2) is 0 Å². The second kappa shape index (κ2) is 17.4. The van der Waals surface area contributed by atoms with Crippen molar-refractivity contribution in [1.82, 2.24) is 0 Å². The third-order valence-corrected chi connectivity index (χ3v) is 5.48. The van der Waals surface area contributed by atoms with Gasteiger partial charge in [-0.05, 0) is 12.8 Å². The molecule has 0 saturated carbocycles. The summed E-state index contributed by atoms with van der Waals surface area (Å²) in [5, 5.41) is 9.92. The van der Waals surface area contributed by atoms with E-state index in [2.05, 4.69) is 6.92 Å². The number of aliphatic hydroxyl groups is 1. The first kappa shape index (κ1) is 23.6. The van der Waals surface area contributed by atoms with Crippen LogP contribution in [0.2, 0.25) is 0 Å². The maximum absolute atomic E-state index is 11.9. The van der Waals surface area contributed by atoms with Gasteiger partial charge in [0.2, 0.25) is 0 Å². The zero-order valence-corrected chi connectivity index (χ0v) is 16.6. The van der Waals surface area contributed by atoms with Crippen LogP contribution in [0.25, 0.3) is 0 Å². The van der Waals surface area contributed by atoms with Gasteiger partial charge in [0.15, 0.2) is 0 Å². The summed E-state index contributed by atoms with van der Waals surface area (Å²) >= 11 is 0. The summed E-state index contributed by atoms with van der Waals surface area (Å²) in [7, 11) is -1.14. The van der Waals surface area contributed by atoms with Crippen LogP contribution in [0.5, 0.6) is 0 Å². The highest BCUT2D eigenvalue weighted by Gasteiger charge is 2.12. The Morgan fingerprint density at radius 1 is 0.958 bits per heavy atom. The predicted molar refractivity (Wildman–Crippen MR) is 102 cm³/mol. The third-order valence-electron chi connectivity index (χ3n) is 4.06. The van der Waals surface area contributed by atoms with E-state index in [1.807, 2.05) is 6.92 Å². The quantitative estimate of drug-likeness (QED) is 0.308. The molecule has 0 aliphatic rings. The molecule has 0 saturated heterocycles. The molecule has 0 aromatic rings. The number of hydrogen-bond acceptors (Lipinski definition) is 4. The molecule has 4 nitrogen and oxygen atoms in total. The predicted octanol–water partition coefficient (Wildman–Crippen LogP) is 4.36.